The highest BCUT2D eigenvalue weighted by Crippen LogP contribution is 2.18. The second-order valence-corrected chi connectivity index (χ2v) is 4.24. The first-order valence-electron chi connectivity index (χ1n) is 5.47. The molecule has 0 aromatic heterocycles. The summed E-state index contributed by atoms with van der Waals surface area (Å²) in [5.41, 5.74) is 5.96. The molecule has 2 fully saturated rings. The third-order valence-electron chi connectivity index (χ3n) is 3.20. The van der Waals surface area contributed by atoms with Gasteiger partial charge in [0.25, 0.3) is 0 Å². The van der Waals surface area contributed by atoms with Crippen LogP contribution in [0.3, 0.4) is 0 Å². The predicted molar refractivity (Wildman–Crippen MR) is 52.6 cm³/mol. The maximum atomic E-state index is 5.96. The van der Waals surface area contributed by atoms with Gasteiger partial charge in [-0.15, -0.1) is 0 Å². The summed E-state index contributed by atoms with van der Waals surface area (Å²) in [5, 5.41) is 3.52. The Morgan fingerprint density at radius 2 is 2.15 bits per heavy atom. The van der Waals surface area contributed by atoms with Crippen molar-refractivity contribution in [2.75, 3.05) is 13.2 Å². The lowest BCUT2D eigenvalue weighted by atomic mass is 10.1. The minimum atomic E-state index is 0.376. The Balaban J connectivity index is 1.66. The van der Waals surface area contributed by atoms with Crippen molar-refractivity contribution < 1.29 is 4.74 Å². The molecule has 1 heterocycles. The van der Waals surface area contributed by atoms with Gasteiger partial charge in [0.2, 0.25) is 0 Å². The molecule has 0 aromatic rings. The van der Waals surface area contributed by atoms with E-state index >= 15 is 0 Å². The van der Waals surface area contributed by atoms with Crippen LogP contribution in [0.25, 0.3) is 0 Å². The zero-order chi connectivity index (χ0) is 9.10. The van der Waals surface area contributed by atoms with Crippen molar-refractivity contribution in [3.63, 3.8) is 0 Å². The van der Waals surface area contributed by atoms with Crippen LogP contribution in [0, 0.1) is 0 Å². The van der Waals surface area contributed by atoms with Crippen molar-refractivity contribution in [3.05, 3.63) is 0 Å². The van der Waals surface area contributed by atoms with Gasteiger partial charge in [0, 0.05) is 25.2 Å². The molecule has 1 aliphatic carbocycles. The number of nitrogens with two attached hydrogens (primary N) is 1. The van der Waals surface area contributed by atoms with Gasteiger partial charge in [-0.25, -0.2) is 0 Å². The number of ether oxygens (including phenoxy) is 1. The molecule has 1 aliphatic heterocycles. The number of nitrogens with one attached hydrogen (secondary N) is 1. The van der Waals surface area contributed by atoms with Gasteiger partial charge in [0.05, 0.1) is 6.10 Å². The second kappa shape index (κ2) is 4.40. The summed E-state index contributed by atoms with van der Waals surface area (Å²) in [7, 11) is 0. The van der Waals surface area contributed by atoms with Crippen molar-refractivity contribution in [1.82, 2.24) is 5.32 Å². The smallest absolute Gasteiger partial charge is 0.0700 e. The molecule has 0 radical (unpaired) electrons. The van der Waals surface area contributed by atoms with Crippen LogP contribution in [-0.2, 0) is 4.74 Å². The minimum absolute atomic E-state index is 0.376. The summed E-state index contributed by atoms with van der Waals surface area (Å²) < 4.78 is 5.54. The van der Waals surface area contributed by atoms with E-state index in [-0.39, 0.29) is 0 Å². The highest BCUT2D eigenvalue weighted by atomic mass is 16.5. The van der Waals surface area contributed by atoms with Crippen molar-refractivity contribution in [2.24, 2.45) is 5.73 Å². The van der Waals surface area contributed by atoms with Crippen molar-refractivity contribution in [1.29, 1.82) is 0 Å². The van der Waals surface area contributed by atoms with Crippen molar-refractivity contribution >= 4 is 0 Å². The molecule has 13 heavy (non-hydrogen) atoms. The average Bonchev–Trinajstić information content (AvgIpc) is 2.72. The Bertz CT molecular complexity index is 157. The van der Waals surface area contributed by atoms with E-state index in [1.165, 1.54) is 32.1 Å². The lowest BCUT2D eigenvalue weighted by Gasteiger charge is -2.19. The molecule has 1 saturated heterocycles. The van der Waals surface area contributed by atoms with E-state index in [9.17, 15) is 0 Å². The van der Waals surface area contributed by atoms with Gasteiger partial charge >= 0.3 is 0 Å². The number of rotatable bonds is 3. The summed E-state index contributed by atoms with van der Waals surface area (Å²) in [5.74, 6) is 0. The molecule has 0 spiro atoms. The molecular formula is C10H20N2O. The normalized spacial score (nSPS) is 39.9. The topological polar surface area (TPSA) is 47.3 Å². The maximum absolute atomic E-state index is 5.96. The summed E-state index contributed by atoms with van der Waals surface area (Å²) in [6.45, 7) is 1.95. The summed E-state index contributed by atoms with van der Waals surface area (Å²) in [4.78, 5) is 0. The number of hydrogen-bond donors (Lipinski definition) is 2. The van der Waals surface area contributed by atoms with Gasteiger partial charge < -0.3 is 15.8 Å². The second-order valence-electron chi connectivity index (χ2n) is 4.24. The van der Waals surface area contributed by atoms with E-state index in [4.69, 9.17) is 10.5 Å². The monoisotopic (exact) mass is 184 g/mol. The van der Waals surface area contributed by atoms with Crippen LogP contribution in [0.4, 0.5) is 0 Å². The lowest BCUT2D eigenvalue weighted by Crippen LogP contribution is -2.43. The average molecular weight is 184 g/mol. The summed E-state index contributed by atoms with van der Waals surface area (Å²) >= 11 is 0. The summed E-state index contributed by atoms with van der Waals surface area (Å²) in [6, 6.07) is 0.922. The Hall–Kier alpha value is -0.120. The fourth-order valence-electron chi connectivity index (χ4n) is 2.33. The van der Waals surface area contributed by atoms with E-state index in [1.807, 2.05) is 0 Å². The van der Waals surface area contributed by atoms with Gasteiger partial charge in [-0.05, 0) is 25.7 Å². The van der Waals surface area contributed by atoms with Crippen molar-refractivity contribution in [3.8, 4) is 0 Å². The molecule has 2 rings (SSSR count). The van der Waals surface area contributed by atoms with Gasteiger partial charge in [-0.2, -0.15) is 0 Å². The van der Waals surface area contributed by atoms with E-state index in [0.717, 1.165) is 13.2 Å². The molecule has 1 saturated carbocycles. The zero-order valence-electron chi connectivity index (χ0n) is 8.17. The van der Waals surface area contributed by atoms with E-state index in [2.05, 4.69) is 5.32 Å². The molecular weight excluding hydrogens is 164 g/mol. The molecule has 3 atom stereocenters. The molecule has 0 unspecified atom stereocenters. The Morgan fingerprint density at radius 3 is 2.77 bits per heavy atom. The van der Waals surface area contributed by atoms with Crippen molar-refractivity contribution in [2.45, 2.75) is 50.3 Å². The standard InChI is InChI=1S/C10H20N2O/c11-9-4-1-5-10(9)12-7-8-3-2-6-13-8/h8-10,12H,1-7,11H2/t8-,9+,10-/m0/s1. The predicted octanol–water partition coefficient (Wildman–Crippen LogP) is 0.635. The van der Waals surface area contributed by atoms with Crippen LogP contribution in [-0.4, -0.2) is 31.3 Å². The Labute approximate surface area is 80.0 Å². The molecule has 0 amide bonds. The molecule has 3 N–H and O–H groups in total. The first-order valence-corrected chi connectivity index (χ1v) is 5.47. The van der Waals surface area contributed by atoms with E-state index < -0.39 is 0 Å². The highest BCUT2D eigenvalue weighted by Gasteiger charge is 2.24. The maximum Gasteiger partial charge on any atom is 0.0700 e. The first kappa shape index (κ1) is 9.44. The quantitative estimate of drug-likeness (QED) is 0.676. The van der Waals surface area contributed by atoms with E-state index in [1.54, 1.807) is 0 Å². The van der Waals surface area contributed by atoms with Crippen LogP contribution in [0.15, 0.2) is 0 Å². The Morgan fingerprint density at radius 1 is 1.23 bits per heavy atom. The van der Waals surface area contributed by atoms with Crippen LogP contribution >= 0.6 is 0 Å². The van der Waals surface area contributed by atoms with Crippen LogP contribution in [0.2, 0.25) is 0 Å². The van der Waals surface area contributed by atoms with Crippen LogP contribution in [0.5, 0.6) is 0 Å². The molecule has 76 valence electrons. The zero-order valence-corrected chi connectivity index (χ0v) is 8.17. The third kappa shape index (κ3) is 2.42. The lowest BCUT2D eigenvalue weighted by molar-refractivity contribution is 0.107. The van der Waals surface area contributed by atoms with Crippen LogP contribution in [0.1, 0.15) is 32.1 Å². The summed E-state index contributed by atoms with van der Waals surface area (Å²) in [6.07, 6.45) is 6.60. The largest absolute Gasteiger partial charge is 0.377 e. The van der Waals surface area contributed by atoms with Gasteiger partial charge in [0.1, 0.15) is 0 Å². The third-order valence-corrected chi connectivity index (χ3v) is 3.20. The highest BCUT2D eigenvalue weighted by molar-refractivity contribution is 4.86. The van der Waals surface area contributed by atoms with Crippen LogP contribution < -0.4 is 11.1 Å². The minimum Gasteiger partial charge on any atom is -0.377 e. The molecule has 3 nitrogen and oxygen atoms in total. The van der Waals surface area contributed by atoms with Gasteiger partial charge in [0.15, 0.2) is 0 Å². The van der Waals surface area contributed by atoms with Gasteiger partial charge in [-0.1, -0.05) is 6.42 Å². The van der Waals surface area contributed by atoms with Gasteiger partial charge in [-0.3, -0.25) is 0 Å². The number of hydrogen-bond acceptors (Lipinski definition) is 3. The Kier molecular flexibility index (Phi) is 3.19. The molecule has 2 aliphatic rings. The van der Waals surface area contributed by atoms with E-state index in [0.29, 0.717) is 18.2 Å². The first-order chi connectivity index (χ1) is 6.36. The molecule has 0 bridgehead atoms. The molecule has 3 heteroatoms. The fourth-order valence-corrected chi connectivity index (χ4v) is 2.33. The molecule has 0 aromatic carbocycles. The fraction of sp³-hybridized carbons (Fsp3) is 1.00. The SMILES string of the molecule is N[C@@H]1CCC[C@@H]1NC[C@@H]1CCCO1.